The first-order valence-electron chi connectivity index (χ1n) is 20.6. The topological polar surface area (TPSA) is 87.2 Å². The Morgan fingerprint density at radius 1 is 0.242 bits per heavy atom. The van der Waals surface area contributed by atoms with Gasteiger partial charge in [0.25, 0.3) is 0 Å². The van der Waals surface area contributed by atoms with Crippen LogP contribution in [0.5, 0.6) is 0 Å². The van der Waals surface area contributed by atoms with Crippen LogP contribution in [-0.2, 0) is 0 Å². The Hall–Kier alpha value is -8.62. The largest absolute Gasteiger partial charge is 0.309 e. The van der Waals surface area contributed by atoms with Crippen molar-refractivity contribution in [1.82, 2.24) is 39.0 Å². The Labute approximate surface area is 356 Å². The molecule has 4 heterocycles. The lowest BCUT2D eigenvalue weighted by molar-refractivity contribution is 0.951. The maximum absolute atomic E-state index is 5.35. The lowest BCUT2D eigenvalue weighted by Gasteiger charge is -2.15. The van der Waals surface area contributed by atoms with Crippen molar-refractivity contribution in [3.8, 4) is 68.6 Å². The van der Waals surface area contributed by atoms with Crippen molar-refractivity contribution in [2.75, 3.05) is 0 Å². The summed E-state index contributed by atoms with van der Waals surface area (Å²) in [7, 11) is 0. The molecule has 0 N–H and O–H groups in total. The number of fused-ring (bicyclic) bond motifs is 6. The predicted molar refractivity (Wildman–Crippen MR) is 249 cm³/mol. The average molecular weight is 795 g/mol. The van der Waals surface area contributed by atoms with E-state index in [1.165, 1.54) is 10.8 Å². The Kier molecular flexibility index (Phi) is 8.31. The summed E-state index contributed by atoms with van der Waals surface area (Å²) in [4.78, 5) is 30.7. The molecule has 0 spiro atoms. The van der Waals surface area contributed by atoms with Gasteiger partial charge in [0.1, 0.15) is 0 Å². The molecule has 8 heteroatoms. The van der Waals surface area contributed by atoms with E-state index in [1.54, 1.807) is 0 Å². The van der Waals surface area contributed by atoms with Crippen LogP contribution in [0.1, 0.15) is 0 Å². The molecule has 4 aromatic heterocycles. The highest BCUT2D eigenvalue weighted by Gasteiger charge is 2.21. The predicted octanol–water partition coefficient (Wildman–Crippen LogP) is 12.6. The number of hydrogen-bond donors (Lipinski definition) is 0. The summed E-state index contributed by atoms with van der Waals surface area (Å²) in [6.07, 6.45) is 0. The number of nitrogens with zero attached hydrogens (tertiary/aromatic N) is 8. The van der Waals surface area contributed by atoms with E-state index >= 15 is 0 Å². The molecule has 0 aliphatic heterocycles. The molecule has 0 saturated carbocycles. The molecule has 62 heavy (non-hydrogen) atoms. The number of benzene rings is 8. The minimum Gasteiger partial charge on any atom is -0.309 e. The Balaban J connectivity index is 1.05. The lowest BCUT2D eigenvalue weighted by atomic mass is 10.1. The molecule has 12 rings (SSSR count). The van der Waals surface area contributed by atoms with E-state index in [1.807, 2.05) is 91.0 Å². The molecule has 0 radical (unpaired) electrons. The second-order valence-corrected chi connectivity index (χ2v) is 15.2. The van der Waals surface area contributed by atoms with Gasteiger partial charge in [0.2, 0.25) is 5.95 Å². The summed E-state index contributed by atoms with van der Waals surface area (Å²) >= 11 is 0. The van der Waals surface area contributed by atoms with Crippen molar-refractivity contribution in [2.45, 2.75) is 0 Å². The molecule has 0 bridgehead atoms. The van der Waals surface area contributed by atoms with Crippen LogP contribution in [-0.4, -0.2) is 39.0 Å². The number of para-hydroxylation sites is 5. The fraction of sp³-hybridized carbons (Fsp3) is 0. The second-order valence-electron chi connectivity index (χ2n) is 15.2. The maximum Gasteiger partial charge on any atom is 0.238 e. The first-order chi connectivity index (χ1) is 30.7. The lowest BCUT2D eigenvalue weighted by Crippen LogP contribution is -2.07. The first kappa shape index (κ1) is 35.3. The molecular weight excluding hydrogens is 761 g/mol. The van der Waals surface area contributed by atoms with Crippen molar-refractivity contribution in [3.63, 3.8) is 0 Å². The van der Waals surface area contributed by atoms with Gasteiger partial charge in [-0.15, -0.1) is 0 Å². The standard InChI is InChI=1S/C54H34N8/c1-3-17-35(18-4-1)49-55-50(36-19-5-2-6-20-36)57-51(56-49)37-31-33-38(34-32-37)52-58-53(60-54(59-52)62-46-28-14-9-23-41(46)42-24-10-15-29-47(42)62)43-25-11-16-30-48(43)61-44-26-12-7-21-39(44)40-22-8-13-27-45(40)61/h1-34H. The third-order valence-electron chi connectivity index (χ3n) is 11.5. The summed E-state index contributed by atoms with van der Waals surface area (Å²) < 4.78 is 4.47. The molecule has 12 aromatic rings. The summed E-state index contributed by atoms with van der Waals surface area (Å²) in [6, 6.07) is 70.5. The zero-order valence-electron chi connectivity index (χ0n) is 33.2. The first-order valence-corrected chi connectivity index (χ1v) is 20.6. The molecule has 0 aliphatic carbocycles. The molecule has 0 amide bonds. The summed E-state index contributed by atoms with van der Waals surface area (Å²) in [5.74, 6) is 3.43. The highest BCUT2D eigenvalue weighted by molar-refractivity contribution is 6.10. The zero-order valence-corrected chi connectivity index (χ0v) is 33.2. The van der Waals surface area contributed by atoms with Gasteiger partial charge in [-0.2, -0.15) is 9.97 Å². The van der Waals surface area contributed by atoms with E-state index in [-0.39, 0.29) is 0 Å². The van der Waals surface area contributed by atoms with Crippen molar-refractivity contribution in [3.05, 3.63) is 206 Å². The molecule has 290 valence electrons. The average Bonchev–Trinajstić information content (AvgIpc) is 3.87. The highest BCUT2D eigenvalue weighted by Crippen LogP contribution is 2.37. The van der Waals surface area contributed by atoms with Gasteiger partial charge in [0, 0.05) is 49.4 Å². The van der Waals surface area contributed by atoms with E-state index in [4.69, 9.17) is 29.9 Å². The molecule has 8 aromatic carbocycles. The van der Waals surface area contributed by atoms with Gasteiger partial charge in [0.05, 0.1) is 27.8 Å². The molecule has 0 unspecified atom stereocenters. The summed E-state index contributed by atoms with van der Waals surface area (Å²) in [5.41, 5.74) is 9.62. The van der Waals surface area contributed by atoms with E-state index in [0.717, 1.165) is 66.3 Å². The molecule has 0 atom stereocenters. The van der Waals surface area contributed by atoms with E-state index < -0.39 is 0 Å². The normalized spacial score (nSPS) is 11.5. The summed E-state index contributed by atoms with van der Waals surface area (Å²) in [5, 5.41) is 4.63. The van der Waals surface area contributed by atoms with E-state index in [9.17, 15) is 0 Å². The molecule has 0 aliphatic rings. The van der Waals surface area contributed by atoms with Crippen LogP contribution >= 0.6 is 0 Å². The van der Waals surface area contributed by atoms with Crippen LogP contribution in [0.3, 0.4) is 0 Å². The minimum atomic E-state index is 0.529. The molecular formula is C54H34N8. The van der Waals surface area contributed by atoms with Crippen LogP contribution in [0.15, 0.2) is 206 Å². The maximum atomic E-state index is 5.35. The second kappa shape index (κ2) is 14.6. The van der Waals surface area contributed by atoms with Gasteiger partial charge in [-0.3, -0.25) is 4.57 Å². The van der Waals surface area contributed by atoms with E-state index in [0.29, 0.717) is 35.1 Å². The van der Waals surface area contributed by atoms with Gasteiger partial charge in [-0.1, -0.05) is 170 Å². The number of rotatable bonds is 7. The molecule has 8 nitrogen and oxygen atoms in total. The van der Waals surface area contributed by atoms with Gasteiger partial charge in [0.15, 0.2) is 29.1 Å². The minimum absolute atomic E-state index is 0.529. The third kappa shape index (κ3) is 5.92. The SMILES string of the molecule is c1ccc(-c2nc(-c3ccccc3)nc(-c3ccc(-c4nc(-c5ccccc5-n5c6ccccc6c6ccccc65)nc(-n5c6ccccc6c6ccccc65)n4)cc3)n2)cc1. The van der Waals surface area contributed by atoms with Crippen LogP contribution in [0.2, 0.25) is 0 Å². The van der Waals surface area contributed by atoms with Gasteiger partial charge < -0.3 is 4.57 Å². The zero-order chi connectivity index (χ0) is 41.0. The van der Waals surface area contributed by atoms with Crippen LogP contribution in [0.25, 0.3) is 112 Å². The van der Waals surface area contributed by atoms with Crippen LogP contribution < -0.4 is 0 Å². The molecule has 0 saturated heterocycles. The van der Waals surface area contributed by atoms with Crippen molar-refractivity contribution >= 4 is 43.6 Å². The number of aromatic nitrogens is 8. The van der Waals surface area contributed by atoms with Crippen molar-refractivity contribution < 1.29 is 0 Å². The van der Waals surface area contributed by atoms with Crippen molar-refractivity contribution in [1.29, 1.82) is 0 Å². The van der Waals surface area contributed by atoms with Crippen molar-refractivity contribution in [2.24, 2.45) is 0 Å². The van der Waals surface area contributed by atoms with E-state index in [2.05, 4.69) is 124 Å². The Morgan fingerprint density at radius 3 is 1.03 bits per heavy atom. The van der Waals surface area contributed by atoms with Crippen LogP contribution in [0, 0.1) is 0 Å². The number of hydrogen-bond acceptors (Lipinski definition) is 6. The van der Waals surface area contributed by atoms with Gasteiger partial charge >= 0.3 is 0 Å². The molecule has 0 fully saturated rings. The Bertz CT molecular complexity index is 3470. The van der Waals surface area contributed by atoms with Gasteiger partial charge in [-0.25, -0.2) is 19.9 Å². The van der Waals surface area contributed by atoms with Gasteiger partial charge in [-0.05, 0) is 36.4 Å². The fourth-order valence-electron chi connectivity index (χ4n) is 8.60. The monoisotopic (exact) mass is 794 g/mol. The summed E-state index contributed by atoms with van der Waals surface area (Å²) in [6.45, 7) is 0. The quantitative estimate of drug-likeness (QED) is 0.160. The Morgan fingerprint density at radius 2 is 0.565 bits per heavy atom. The third-order valence-corrected chi connectivity index (χ3v) is 11.5. The van der Waals surface area contributed by atoms with Crippen LogP contribution in [0.4, 0.5) is 0 Å². The highest BCUT2D eigenvalue weighted by atomic mass is 15.2. The smallest absolute Gasteiger partial charge is 0.238 e. The fourth-order valence-corrected chi connectivity index (χ4v) is 8.60.